The van der Waals surface area contributed by atoms with Crippen molar-refractivity contribution in [3.63, 3.8) is 0 Å². The van der Waals surface area contributed by atoms with Crippen LogP contribution in [0.4, 0.5) is 4.39 Å². The van der Waals surface area contributed by atoms with Crippen LogP contribution in [-0.2, 0) is 11.2 Å². The van der Waals surface area contributed by atoms with E-state index in [-0.39, 0.29) is 18.0 Å². The Hall–Kier alpha value is -0.930. The minimum atomic E-state index is -0.599. The van der Waals surface area contributed by atoms with Crippen LogP contribution in [0, 0.1) is 5.82 Å². The van der Waals surface area contributed by atoms with Crippen LogP contribution in [0.2, 0.25) is 5.02 Å². The highest BCUT2D eigenvalue weighted by Crippen LogP contribution is 2.21. The van der Waals surface area contributed by atoms with E-state index in [1.807, 2.05) is 27.7 Å². The van der Waals surface area contributed by atoms with Crippen molar-refractivity contribution in [1.29, 1.82) is 0 Å². The zero-order valence-electron chi connectivity index (χ0n) is 12.0. The average Bonchev–Trinajstić information content (AvgIpc) is 2.35. The normalized spacial score (nSPS) is 11.9. The van der Waals surface area contributed by atoms with Gasteiger partial charge >= 0.3 is 0 Å². The van der Waals surface area contributed by atoms with Gasteiger partial charge in [-0.15, -0.1) is 0 Å². The molecule has 106 valence electrons. The molecule has 0 radical (unpaired) electrons. The molecule has 0 saturated heterocycles. The molecule has 0 aliphatic rings. The molecular formula is C15H21ClFNO. The monoisotopic (exact) mass is 285 g/mol. The van der Waals surface area contributed by atoms with Gasteiger partial charge in [0.1, 0.15) is 5.82 Å². The summed E-state index contributed by atoms with van der Waals surface area (Å²) in [5, 5.41) is 0.449. The number of Topliss-reactive ketones (excluding diaryl/α,β-unsaturated/α-hetero) is 1. The summed E-state index contributed by atoms with van der Waals surface area (Å²) in [6.45, 7) is 9.35. The van der Waals surface area contributed by atoms with Crippen LogP contribution in [0.5, 0.6) is 0 Å². The molecule has 0 fully saturated rings. The van der Waals surface area contributed by atoms with Crippen molar-refractivity contribution in [3.8, 4) is 0 Å². The van der Waals surface area contributed by atoms with Crippen LogP contribution >= 0.6 is 11.6 Å². The molecule has 0 bridgehead atoms. The molecule has 4 heteroatoms. The third kappa shape index (κ3) is 3.77. The van der Waals surface area contributed by atoms with Crippen LogP contribution in [0.3, 0.4) is 0 Å². The fourth-order valence-corrected chi connectivity index (χ4v) is 2.45. The summed E-state index contributed by atoms with van der Waals surface area (Å²) in [7, 11) is 0. The zero-order valence-corrected chi connectivity index (χ0v) is 12.7. The van der Waals surface area contributed by atoms with Crippen molar-refractivity contribution >= 4 is 17.4 Å². The first kappa shape index (κ1) is 16.1. The van der Waals surface area contributed by atoms with E-state index in [4.69, 9.17) is 11.6 Å². The van der Waals surface area contributed by atoms with Crippen molar-refractivity contribution in [1.82, 2.24) is 4.90 Å². The third-order valence-electron chi connectivity index (χ3n) is 3.60. The first-order valence-corrected chi connectivity index (χ1v) is 6.93. The molecule has 1 aromatic rings. The number of hydrogen-bond donors (Lipinski definition) is 0. The number of carbonyl (C=O) groups excluding carboxylic acids is 1. The Morgan fingerprint density at radius 3 is 2.42 bits per heavy atom. The predicted octanol–water partition coefficient (Wildman–Crippen LogP) is 3.71. The average molecular weight is 286 g/mol. The fraction of sp³-hybridized carbons (Fsp3) is 0.533. The highest BCUT2D eigenvalue weighted by Gasteiger charge is 2.32. The molecule has 0 unspecified atom stereocenters. The van der Waals surface area contributed by atoms with Crippen LogP contribution in [0.1, 0.15) is 33.3 Å². The van der Waals surface area contributed by atoms with Gasteiger partial charge in [-0.2, -0.15) is 0 Å². The molecule has 2 nitrogen and oxygen atoms in total. The molecule has 0 saturated carbocycles. The number of halogens is 2. The number of likely N-dealkylation sites (N-methyl/N-ethyl adjacent to an activating group) is 1. The predicted molar refractivity (Wildman–Crippen MR) is 77.1 cm³/mol. The van der Waals surface area contributed by atoms with Gasteiger partial charge in [-0.1, -0.05) is 25.4 Å². The van der Waals surface area contributed by atoms with Crippen LogP contribution in [0.25, 0.3) is 0 Å². The first-order valence-electron chi connectivity index (χ1n) is 6.55. The van der Waals surface area contributed by atoms with E-state index in [1.54, 1.807) is 0 Å². The highest BCUT2D eigenvalue weighted by atomic mass is 35.5. The molecule has 0 aromatic heterocycles. The second-order valence-electron chi connectivity index (χ2n) is 5.07. The maximum Gasteiger partial charge on any atom is 0.156 e. The number of rotatable bonds is 6. The van der Waals surface area contributed by atoms with Crippen molar-refractivity contribution in [2.75, 3.05) is 13.1 Å². The van der Waals surface area contributed by atoms with E-state index < -0.39 is 5.54 Å². The Morgan fingerprint density at radius 2 is 1.89 bits per heavy atom. The smallest absolute Gasteiger partial charge is 0.156 e. The molecule has 19 heavy (non-hydrogen) atoms. The van der Waals surface area contributed by atoms with Crippen molar-refractivity contribution in [3.05, 3.63) is 34.6 Å². The van der Waals surface area contributed by atoms with E-state index in [0.717, 1.165) is 13.1 Å². The second kappa shape index (κ2) is 6.49. The molecule has 0 amide bonds. The Balaban J connectivity index is 2.92. The first-order chi connectivity index (χ1) is 8.82. The van der Waals surface area contributed by atoms with Gasteiger partial charge in [0, 0.05) is 11.4 Å². The molecule has 0 heterocycles. The lowest BCUT2D eigenvalue weighted by Gasteiger charge is -2.35. The van der Waals surface area contributed by atoms with Crippen molar-refractivity contribution in [2.45, 2.75) is 39.7 Å². The largest absolute Gasteiger partial charge is 0.297 e. The second-order valence-corrected chi connectivity index (χ2v) is 5.50. The molecule has 1 aromatic carbocycles. The maximum absolute atomic E-state index is 13.7. The summed E-state index contributed by atoms with van der Waals surface area (Å²) in [4.78, 5) is 14.5. The van der Waals surface area contributed by atoms with E-state index >= 15 is 0 Å². The lowest BCUT2D eigenvalue weighted by molar-refractivity contribution is -0.128. The fourth-order valence-electron chi connectivity index (χ4n) is 2.26. The molecule has 0 aliphatic carbocycles. The maximum atomic E-state index is 13.7. The van der Waals surface area contributed by atoms with Crippen LogP contribution in [-0.4, -0.2) is 29.3 Å². The number of benzene rings is 1. The van der Waals surface area contributed by atoms with E-state index in [2.05, 4.69) is 4.90 Å². The summed E-state index contributed by atoms with van der Waals surface area (Å²) >= 11 is 5.84. The Bertz CT molecular complexity index is 455. The molecular weight excluding hydrogens is 265 g/mol. The van der Waals surface area contributed by atoms with Crippen LogP contribution < -0.4 is 0 Å². The van der Waals surface area contributed by atoms with Gasteiger partial charge in [-0.3, -0.25) is 9.69 Å². The molecule has 1 rings (SSSR count). The lowest BCUT2D eigenvalue weighted by Crippen LogP contribution is -2.50. The Labute approximate surface area is 119 Å². The summed E-state index contributed by atoms with van der Waals surface area (Å²) in [5.41, 5.74) is -0.240. The third-order valence-corrected chi connectivity index (χ3v) is 3.83. The molecule has 0 atom stereocenters. The highest BCUT2D eigenvalue weighted by molar-refractivity contribution is 6.30. The standard InChI is InChI=1S/C15H21ClFNO/c1-5-18(6-2)15(3,4)14(19)10-11-9-12(16)7-8-13(11)17/h7-9H,5-6,10H2,1-4H3. The van der Waals surface area contributed by atoms with Crippen molar-refractivity contribution in [2.24, 2.45) is 0 Å². The Morgan fingerprint density at radius 1 is 1.32 bits per heavy atom. The topological polar surface area (TPSA) is 20.3 Å². The number of carbonyl (C=O) groups is 1. The van der Waals surface area contributed by atoms with Crippen molar-refractivity contribution < 1.29 is 9.18 Å². The minimum Gasteiger partial charge on any atom is -0.297 e. The lowest BCUT2D eigenvalue weighted by atomic mass is 9.91. The van der Waals surface area contributed by atoms with E-state index in [0.29, 0.717) is 10.6 Å². The van der Waals surface area contributed by atoms with Gasteiger partial charge in [0.25, 0.3) is 0 Å². The van der Waals surface area contributed by atoms with Gasteiger partial charge < -0.3 is 0 Å². The van der Waals surface area contributed by atoms with Gasteiger partial charge in [0.05, 0.1) is 5.54 Å². The van der Waals surface area contributed by atoms with Gasteiger partial charge in [-0.05, 0) is 50.7 Å². The molecule has 0 spiro atoms. The minimum absolute atomic E-state index is 0.00244. The number of ketones is 1. The number of nitrogens with zero attached hydrogens (tertiary/aromatic N) is 1. The zero-order chi connectivity index (χ0) is 14.6. The molecule has 0 aliphatic heterocycles. The summed E-state index contributed by atoms with van der Waals surface area (Å²) < 4.78 is 13.7. The summed E-state index contributed by atoms with van der Waals surface area (Å²) in [6, 6.07) is 4.31. The van der Waals surface area contributed by atoms with E-state index in [9.17, 15) is 9.18 Å². The summed E-state index contributed by atoms with van der Waals surface area (Å²) in [6.07, 6.45) is 0.0654. The SMILES string of the molecule is CCN(CC)C(C)(C)C(=O)Cc1cc(Cl)ccc1F. The van der Waals surface area contributed by atoms with Gasteiger partial charge in [0.2, 0.25) is 0 Å². The number of hydrogen-bond acceptors (Lipinski definition) is 2. The van der Waals surface area contributed by atoms with Gasteiger partial charge in [-0.25, -0.2) is 4.39 Å². The Kier molecular flexibility index (Phi) is 5.50. The van der Waals surface area contributed by atoms with Gasteiger partial charge in [0.15, 0.2) is 5.78 Å². The van der Waals surface area contributed by atoms with E-state index in [1.165, 1.54) is 18.2 Å². The quantitative estimate of drug-likeness (QED) is 0.794. The van der Waals surface area contributed by atoms with Crippen LogP contribution in [0.15, 0.2) is 18.2 Å². The summed E-state index contributed by atoms with van der Waals surface area (Å²) in [5.74, 6) is -0.384. The molecule has 0 N–H and O–H groups in total.